The number of hydrogen-bond donors (Lipinski definition) is 2. The van der Waals surface area contributed by atoms with Gasteiger partial charge in [0.25, 0.3) is 0 Å². The molecule has 0 aliphatic rings. The summed E-state index contributed by atoms with van der Waals surface area (Å²) in [6.07, 6.45) is 3.21. The highest BCUT2D eigenvalue weighted by Gasteiger charge is 2.32. The fourth-order valence-electron chi connectivity index (χ4n) is 3.13. The molecule has 1 atom stereocenters. The van der Waals surface area contributed by atoms with E-state index in [2.05, 4.69) is 53.4 Å². The fraction of sp³-hybridized carbons (Fsp3) is 1.00. The Kier molecular flexibility index (Phi) is 8.18. The van der Waals surface area contributed by atoms with Gasteiger partial charge in [0.15, 0.2) is 0 Å². The van der Waals surface area contributed by atoms with E-state index in [0.717, 1.165) is 25.8 Å². The second-order valence-corrected chi connectivity index (χ2v) is 7.14. The largest absolute Gasteiger partial charge is 0.316 e. The highest BCUT2D eigenvalue weighted by molar-refractivity contribution is 4.84. The topological polar surface area (TPSA) is 55.3 Å². The Balaban J connectivity index is 4.64. The van der Waals surface area contributed by atoms with Gasteiger partial charge in [0.1, 0.15) is 0 Å². The van der Waals surface area contributed by atoms with Gasteiger partial charge in [-0.15, -0.1) is 0 Å². The Morgan fingerprint density at radius 1 is 1.00 bits per heavy atom. The molecule has 0 rings (SSSR count). The quantitative estimate of drug-likeness (QED) is 0.501. The van der Waals surface area contributed by atoms with E-state index >= 15 is 0 Å². The molecule has 0 aromatic carbocycles. The molecular formula is C16H37N3. The van der Waals surface area contributed by atoms with E-state index in [9.17, 15) is 0 Å². The lowest BCUT2D eigenvalue weighted by atomic mass is 9.72. The van der Waals surface area contributed by atoms with Gasteiger partial charge < -0.3 is 11.5 Å². The predicted octanol–water partition coefficient (Wildman–Crippen LogP) is 3.18. The molecular weight excluding hydrogens is 235 g/mol. The van der Waals surface area contributed by atoms with E-state index in [1.165, 1.54) is 0 Å². The highest BCUT2D eigenvalue weighted by atomic mass is 15.9. The number of hydrogen-bond acceptors (Lipinski definition) is 3. The SMILES string of the molecule is CCCC(C(N)N)C(C)(C)CC[15N](C(C)C)C(C)C. The Hall–Kier alpha value is -0.120. The van der Waals surface area contributed by atoms with E-state index in [1.54, 1.807) is 0 Å². The summed E-state index contributed by atoms with van der Waals surface area (Å²) in [5.74, 6) is 0.402. The third-order valence-electron chi connectivity index (χ3n) is 4.41. The fourth-order valence-corrected chi connectivity index (χ4v) is 3.13. The molecule has 0 saturated carbocycles. The molecule has 3 heteroatoms. The van der Waals surface area contributed by atoms with Crippen molar-refractivity contribution in [3.8, 4) is 0 Å². The second-order valence-electron chi connectivity index (χ2n) is 7.14. The molecule has 0 aliphatic heterocycles. The maximum atomic E-state index is 6.00. The highest BCUT2D eigenvalue weighted by Crippen LogP contribution is 2.35. The summed E-state index contributed by atoms with van der Waals surface area (Å²) >= 11 is 0. The summed E-state index contributed by atoms with van der Waals surface area (Å²) in [5, 5.41) is 0. The molecule has 19 heavy (non-hydrogen) atoms. The van der Waals surface area contributed by atoms with E-state index in [4.69, 9.17) is 11.5 Å². The molecule has 0 radical (unpaired) electrons. The normalized spacial score (nSPS) is 15.0. The summed E-state index contributed by atoms with van der Waals surface area (Å²) in [7, 11) is 0. The van der Waals surface area contributed by atoms with Crippen LogP contribution in [0.1, 0.15) is 67.7 Å². The molecule has 0 amide bonds. The van der Waals surface area contributed by atoms with Gasteiger partial charge in [0.05, 0.1) is 6.17 Å². The van der Waals surface area contributed by atoms with Crippen LogP contribution in [-0.2, 0) is 0 Å². The molecule has 3 nitrogen and oxygen atoms in total. The van der Waals surface area contributed by atoms with E-state index < -0.39 is 0 Å². The minimum absolute atomic E-state index is 0.201. The van der Waals surface area contributed by atoms with Crippen LogP contribution in [0.4, 0.5) is 0 Å². The molecule has 0 heterocycles. The number of nitrogens with zero attached hydrogens (tertiary/aromatic N) is 1. The molecule has 116 valence electrons. The number of nitrogens with two attached hydrogens (primary N) is 2. The average molecular weight is 272 g/mol. The monoisotopic (exact) mass is 272 g/mol. The van der Waals surface area contributed by atoms with Gasteiger partial charge in [0, 0.05) is 12.1 Å². The van der Waals surface area contributed by atoms with Crippen LogP contribution in [0.25, 0.3) is 0 Å². The van der Waals surface area contributed by atoms with Crippen LogP contribution in [0.2, 0.25) is 0 Å². The second kappa shape index (κ2) is 8.23. The molecule has 0 spiro atoms. The number of rotatable bonds is 9. The lowest BCUT2D eigenvalue weighted by Crippen LogP contribution is -2.47. The minimum atomic E-state index is -0.207. The van der Waals surface area contributed by atoms with Gasteiger partial charge in [-0.05, 0) is 58.4 Å². The van der Waals surface area contributed by atoms with Gasteiger partial charge in [-0.2, -0.15) is 0 Å². The molecule has 0 aromatic heterocycles. The van der Waals surface area contributed by atoms with Crippen LogP contribution in [-0.4, -0.2) is 29.7 Å². The van der Waals surface area contributed by atoms with Crippen LogP contribution in [0, 0.1) is 11.3 Å². The van der Waals surface area contributed by atoms with Gasteiger partial charge in [-0.25, -0.2) is 0 Å². The first-order valence-electron chi connectivity index (χ1n) is 7.90. The molecule has 0 saturated heterocycles. The van der Waals surface area contributed by atoms with E-state index in [0.29, 0.717) is 18.0 Å². The van der Waals surface area contributed by atoms with Gasteiger partial charge in [0.2, 0.25) is 0 Å². The van der Waals surface area contributed by atoms with Crippen molar-refractivity contribution >= 4 is 0 Å². The van der Waals surface area contributed by atoms with E-state index in [1.807, 2.05) is 0 Å². The predicted molar refractivity (Wildman–Crippen MR) is 85.9 cm³/mol. The average Bonchev–Trinajstić information content (AvgIpc) is 2.23. The summed E-state index contributed by atoms with van der Waals surface area (Å²) in [5.41, 5.74) is 12.2. The Labute approximate surface area is 121 Å². The summed E-state index contributed by atoms with van der Waals surface area (Å²) in [6.45, 7) is 17.0. The smallest absolute Gasteiger partial charge is 0.0555 e. The third-order valence-corrected chi connectivity index (χ3v) is 4.41. The first-order valence-corrected chi connectivity index (χ1v) is 7.90. The van der Waals surface area contributed by atoms with Crippen LogP contribution < -0.4 is 11.5 Å². The third kappa shape index (κ3) is 6.24. The Morgan fingerprint density at radius 2 is 1.47 bits per heavy atom. The zero-order chi connectivity index (χ0) is 15.2. The van der Waals surface area contributed by atoms with Crippen molar-refractivity contribution in [3.05, 3.63) is 0 Å². The molecule has 1 unspecified atom stereocenters. The maximum absolute atomic E-state index is 6.00. The van der Waals surface area contributed by atoms with E-state index in [-0.39, 0.29) is 11.6 Å². The summed E-state index contributed by atoms with van der Waals surface area (Å²) < 4.78 is 0. The Morgan fingerprint density at radius 3 is 1.79 bits per heavy atom. The van der Waals surface area contributed by atoms with Crippen molar-refractivity contribution in [2.45, 2.75) is 86.0 Å². The van der Waals surface area contributed by atoms with Crippen molar-refractivity contribution in [2.75, 3.05) is 6.54 Å². The van der Waals surface area contributed by atoms with Crippen molar-refractivity contribution in [3.63, 3.8) is 0 Å². The summed E-state index contributed by atoms with van der Waals surface area (Å²) in [6, 6.07) is 1.18. The maximum Gasteiger partial charge on any atom is 0.0555 e. The van der Waals surface area contributed by atoms with Gasteiger partial charge in [-0.1, -0.05) is 27.2 Å². The molecule has 0 aliphatic carbocycles. The van der Waals surface area contributed by atoms with Crippen molar-refractivity contribution in [1.29, 1.82) is 0 Å². The van der Waals surface area contributed by atoms with Gasteiger partial charge in [-0.3, -0.25) is 4.90 Å². The zero-order valence-electron chi connectivity index (χ0n) is 14.2. The lowest BCUT2D eigenvalue weighted by Gasteiger charge is -2.40. The Bertz CT molecular complexity index is 226. The molecule has 0 fully saturated rings. The van der Waals surface area contributed by atoms with Crippen LogP contribution >= 0.6 is 0 Å². The van der Waals surface area contributed by atoms with Crippen LogP contribution in [0.3, 0.4) is 0 Å². The minimum Gasteiger partial charge on any atom is -0.316 e. The summed E-state index contributed by atoms with van der Waals surface area (Å²) in [4.78, 5) is 2.55. The zero-order valence-corrected chi connectivity index (χ0v) is 14.2. The molecule has 4 N–H and O–H groups in total. The van der Waals surface area contributed by atoms with Crippen molar-refractivity contribution in [2.24, 2.45) is 22.8 Å². The lowest BCUT2D eigenvalue weighted by molar-refractivity contribution is 0.101. The molecule has 0 bridgehead atoms. The first-order chi connectivity index (χ1) is 8.63. The van der Waals surface area contributed by atoms with Gasteiger partial charge >= 0.3 is 0 Å². The van der Waals surface area contributed by atoms with Crippen LogP contribution in [0.15, 0.2) is 0 Å². The standard InChI is InChI=1S/C16H37N3/c1-8-9-14(15(17)18)16(6,7)10-11-19(12(2)3)13(4)5/h12-15H,8-11,17-18H2,1-7H3/i19+1. The van der Waals surface area contributed by atoms with Crippen molar-refractivity contribution < 1.29 is 0 Å². The van der Waals surface area contributed by atoms with Crippen molar-refractivity contribution in [1.82, 2.24) is 4.90 Å². The van der Waals surface area contributed by atoms with Crippen LogP contribution in [0.5, 0.6) is 0 Å². The first kappa shape index (κ1) is 18.9. The molecule has 0 aromatic rings.